The topological polar surface area (TPSA) is 68.3 Å². The maximum absolute atomic E-state index is 13.6. The predicted octanol–water partition coefficient (Wildman–Crippen LogP) is 4.28. The Morgan fingerprint density at radius 1 is 1.25 bits per heavy atom. The number of ether oxygens (including phenoxy) is 1. The Balaban J connectivity index is 2.01. The van der Waals surface area contributed by atoms with Crippen LogP contribution in [0.25, 0.3) is 0 Å². The van der Waals surface area contributed by atoms with Gasteiger partial charge in [-0.25, -0.2) is 14.2 Å². The fraction of sp³-hybridized carbons (Fsp3) is 0.133. The van der Waals surface area contributed by atoms with Crippen molar-refractivity contribution < 1.29 is 18.7 Å². The third kappa shape index (κ3) is 4.14. The van der Waals surface area contributed by atoms with Gasteiger partial charge in [-0.05, 0) is 24.6 Å². The summed E-state index contributed by atoms with van der Waals surface area (Å²) in [4.78, 5) is 27.5. The maximum atomic E-state index is 13.6. The summed E-state index contributed by atoms with van der Waals surface area (Å²) in [6.45, 7) is 0.991. The zero-order valence-electron chi connectivity index (χ0n) is 12.2. The molecule has 0 atom stereocenters. The molecule has 0 bridgehead atoms. The Morgan fingerprint density at radius 3 is 2.62 bits per heavy atom. The smallest absolute Gasteiger partial charge is 0.343 e. The van der Waals surface area contributed by atoms with Crippen molar-refractivity contribution in [3.63, 3.8) is 0 Å². The number of hydrogen-bond acceptors (Lipinski definition) is 4. The van der Waals surface area contributed by atoms with E-state index in [1.54, 1.807) is 6.92 Å². The molecule has 24 heavy (non-hydrogen) atoms. The van der Waals surface area contributed by atoms with Gasteiger partial charge in [0, 0.05) is 6.20 Å². The Hall–Kier alpha value is -1.89. The molecular formula is C15H10Cl3FN2O3. The molecule has 0 aliphatic rings. The van der Waals surface area contributed by atoms with Gasteiger partial charge in [-0.3, -0.25) is 4.79 Å². The third-order valence-electron chi connectivity index (χ3n) is 2.96. The molecule has 1 heterocycles. The first kappa shape index (κ1) is 18.4. The molecule has 0 aliphatic carbocycles. The summed E-state index contributed by atoms with van der Waals surface area (Å²) in [5, 5.41) is 2.77. The van der Waals surface area contributed by atoms with Crippen molar-refractivity contribution in [3.05, 3.63) is 56.4 Å². The number of aromatic nitrogens is 1. The van der Waals surface area contributed by atoms with E-state index in [0.29, 0.717) is 10.6 Å². The average molecular weight is 392 g/mol. The first-order chi connectivity index (χ1) is 11.3. The number of carbonyl (C=O) groups is 2. The molecule has 1 aromatic carbocycles. The number of benzene rings is 1. The van der Waals surface area contributed by atoms with Crippen molar-refractivity contribution in [1.82, 2.24) is 4.98 Å². The predicted molar refractivity (Wildman–Crippen MR) is 89.3 cm³/mol. The molecule has 2 rings (SSSR count). The lowest BCUT2D eigenvalue weighted by molar-refractivity contribution is -0.119. The summed E-state index contributed by atoms with van der Waals surface area (Å²) in [5.74, 6) is -2.53. The molecule has 126 valence electrons. The molecule has 1 aromatic heterocycles. The number of pyridine rings is 1. The summed E-state index contributed by atoms with van der Waals surface area (Å²) >= 11 is 17.6. The number of amides is 1. The lowest BCUT2D eigenvalue weighted by Gasteiger charge is -2.10. The maximum Gasteiger partial charge on any atom is 0.343 e. The van der Waals surface area contributed by atoms with Gasteiger partial charge in [0.05, 0.1) is 15.1 Å². The zero-order chi connectivity index (χ0) is 17.9. The van der Waals surface area contributed by atoms with E-state index in [9.17, 15) is 14.0 Å². The van der Waals surface area contributed by atoms with Gasteiger partial charge in [0.15, 0.2) is 12.4 Å². The van der Waals surface area contributed by atoms with E-state index in [4.69, 9.17) is 39.5 Å². The SMILES string of the molecule is Cc1c(Cl)cnc(NC(=O)COC(=O)c2c(F)cccc2Cl)c1Cl. The van der Waals surface area contributed by atoms with Gasteiger partial charge in [0.25, 0.3) is 5.91 Å². The lowest BCUT2D eigenvalue weighted by Crippen LogP contribution is -2.22. The summed E-state index contributed by atoms with van der Waals surface area (Å²) in [7, 11) is 0. The molecule has 1 amide bonds. The van der Waals surface area contributed by atoms with Crippen molar-refractivity contribution in [2.45, 2.75) is 6.92 Å². The van der Waals surface area contributed by atoms with Crippen LogP contribution in [0, 0.1) is 12.7 Å². The quantitative estimate of drug-likeness (QED) is 0.790. The number of carbonyl (C=O) groups excluding carboxylic acids is 2. The van der Waals surface area contributed by atoms with E-state index in [1.807, 2.05) is 0 Å². The fourth-order valence-corrected chi connectivity index (χ4v) is 2.34. The van der Waals surface area contributed by atoms with E-state index in [2.05, 4.69) is 10.3 Å². The van der Waals surface area contributed by atoms with Gasteiger partial charge in [-0.15, -0.1) is 0 Å². The van der Waals surface area contributed by atoms with Crippen LogP contribution in [-0.4, -0.2) is 23.5 Å². The van der Waals surface area contributed by atoms with Gasteiger partial charge in [0.1, 0.15) is 11.4 Å². The molecule has 0 saturated carbocycles. The molecule has 0 radical (unpaired) electrons. The van der Waals surface area contributed by atoms with E-state index in [-0.39, 0.29) is 15.9 Å². The molecular weight excluding hydrogens is 382 g/mol. The van der Waals surface area contributed by atoms with Crippen LogP contribution >= 0.6 is 34.8 Å². The second-order valence-electron chi connectivity index (χ2n) is 4.61. The number of halogens is 4. The number of nitrogens with one attached hydrogen (secondary N) is 1. The van der Waals surface area contributed by atoms with Gasteiger partial charge < -0.3 is 10.1 Å². The normalized spacial score (nSPS) is 10.4. The Kier molecular flexibility index (Phi) is 5.99. The number of anilines is 1. The number of esters is 1. The Labute approximate surface area is 151 Å². The highest BCUT2D eigenvalue weighted by molar-refractivity contribution is 6.37. The minimum atomic E-state index is -1.06. The van der Waals surface area contributed by atoms with Gasteiger partial charge >= 0.3 is 5.97 Å². The van der Waals surface area contributed by atoms with Crippen LogP contribution in [0.4, 0.5) is 10.2 Å². The molecule has 0 saturated heterocycles. The Bertz CT molecular complexity index is 795. The van der Waals surface area contributed by atoms with Crippen molar-refractivity contribution in [1.29, 1.82) is 0 Å². The molecule has 1 N–H and O–H groups in total. The van der Waals surface area contributed by atoms with Gasteiger partial charge in [-0.1, -0.05) is 40.9 Å². The van der Waals surface area contributed by atoms with Crippen LogP contribution in [0.3, 0.4) is 0 Å². The molecule has 0 aliphatic heterocycles. The van der Waals surface area contributed by atoms with E-state index in [0.717, 1.165) is 6.07 Å². The van der Waals surface area contributed by atoms with Crippen LogP contribution in [0.1, 0.15) is 15.9 Å². The summed E-state index contributed by atoms with van der Waals surface area (Å²) in [5.41, 5.74) is 0.101. The summed E-state index contributed by atoms with van der Waals surface area (Å²) in [6.07, 6.45) is 1.32. The van der Waals surface area contributed by atoms with Crippen LogP contribution in [0.2, 0.25) is 15.1 Å². The third-order valence-corrected chi connectivity index (χ3v) is 4.12. The standard InChI is InChI=1S/C15H10Cl3FN2O3/c1-7-9(17)5-20-14(13(7)18)21-11(22)6-24-15(23)12-8(16)3-2-4-10(12)19/h2-5H,6H2,1H3,(H,20,21,22). The number of rotatable bonds is 4. The summed E-state index contributed by atoms with van der Waals surface area (Å²) < 4.78 is 18.3. The van der Waals surface area contributed by atoms with Gasteiger partial charge in [0.2, 0.25) is 0 Å². The van der Waals surface area contributed by atoms with Crippen molar-refractivity contribution >= 4 is 52.5 Å². The first-order valence-corrected chi connectivity index (χ1v) is 7.66. The largest absolute Gasteiger partial charge is 0.452 e. The minimum Gasteiger partial charge on any atom is -0.452 e. The van der Waals surface area contributed by atoms with Gasteiger partial charge in [-0.2, -0.15) is 0 Å². The number of hydrogen-bond donors (Lipinski definition) is 1. The Morgan fingerprint density at radius 2 is 1.96 bits per heavy atom. The highest BCUT2D eigenvalue weighted by Crippen LogP contribution is 2.28. The molecule has 0 spiro atoms. The number of nitrogens with zero attached hydrogens (tertiary/aromatic N) is 1. The minimum absolute atomic E-state index is 0.0727. The van der Waals surface area contributed by atoms with Crippen molar-refractivity contribution in [3.8, 4) is 0 Å². The van der Waals surface area contributed by atoms with Crippen molar-refractivity contribution in [2.24, 2.45) is 0 Å². The molecule has 0 fully saturated rings. The van der Waals surface area contributed by atoms with E-state index in [1.165, 1.54) is 18.3 Å². The lowest BCUT2D eigenvalue weighted by atomic mass is 10.2. The highest BCUT2D eigenvalue weighted by atomic mass is 35.5. The van der Waals surface area contributed by atoms with Crippen LogP contribution in [0.15, 0.2) is 24.4 Å². The molecule has 9 heteroatoms. The zero-order valence-corrected chi connectivity index (χ0v) is 14.5. The summed E-state index contributed by atoms with van der Waals surface area (Å²) in [6, 6.07) is 3.74. The second-order valence-corrected chi connectivity index (χ2v) is 5.81. The second kappa shape index (κ2) is 7.79. The van der Waals surface area contributed by atoms with E-state index < -0.39 is 29.9 Å². The van der Waals surface area contributed by atoms with Crippen molar-refractivity contribution in [2.75, 3.05) is 11.9 Å². The first-order valence-electron chi connectivity index (χ1n) is 6.53. The average Bonchev–Trinajstić information content (AvgIpc) is 2.53. The molecule has 2 aromatic rings. The monoisotopic (exact) mass is 390 g/mol. The van der Waals surface area contributed by atoms with Crippen LogP contribution in [0.5, 0.6) is 0 Å². The van der Waals surface area contributed by atoms with Crippen LogP contribution in [-0.2, 0) is 9.53 Å². The fourth-order valence-electron chi connectivity index (χ4n) is 1.71. The highest BCUT2D eigenvalue weighted by Gasteiger charge is 2.19. The molecule has 5 nitrogen and oxygen atoms in total. The molecule has 0 unspecified atom stereocenters. The van der Waals surface area contributed by atoms with E-state index >= 15 is 0 Å². The van der Waals surface area contributed by atoms with Crippen LogP contribution < -0.4 is 5.32 Å².